The normalized spacial score (nSPS) is 10.7. The first-order chi connectivity index (χ1) is 8.49. The zero-order valence-corrected chi connectivity index (χ0v) is 11.8. The predicted molar refractivity (Wildman–Crippen MR) is 68.8 cm³/mol. The summed E-state index contributed by atoms with van der Waals surface area (Å²) in [5.41, 5.74) is 2.95. The van der Waals surface area contributed by atoms with Crippen LogP contribution in [0.5, 0.6) is 0 Å². The Morgan fingerprint density at radius 2 is 2.17 bits per heavy atom. The fraction of sp³-hybridized carbons (Fsp3) is 0.400. The van der Waals surface area contributed by atoms with E-state index in [-0.39, 0.29) is 15.4 Å². The Hall–Kier alpha value is -1.47. The molecule has 0 aliphatic heterocycles. The van der Waals surface area contributed by atoms with Crippen LogP contribution in [0.3, 0.4) is 0 Å². The molecule has 0 aliphatic rings. The van der Waals surface area contributed by atoms with Gasteiger partial charge in [-0.25, -0.2) is 0 Å². The number of nitrogens with zero attached hydrogens (tertiary/aromatic N) is 4. The summed E-state index contributed by atoms with van der Waals surface area (Å²) in [6, 6.07) is 0. The monoisotopic (exact) mass is 285 g/mol. The molecule has 2 aromatic rings. The van der Waals surface area contributed by atoms with Crippen molar-refractivity contribution in [3.63, 3.8) is 0 Å². The minimum atomic E-state index is -0.276. The first-order valence-corrected chi connectivity index (χ1v) is 6.44. The summed E-state index contributed by atoms with van der Waals surface area (Å²) < 4.78 is 2.05. The van der Waals surface area contributed by atoms with Crippen molar-refractivity contribution in [1.82, 2.24) is 25.3 Å². The van der Waals surface area contributed by atoms with Gasteiger partial charge >= 0.3 is 0 Å². The number of amides is 1. The Morgan fingerprint density at radius 1 is 1.44 bits per heavy atom. The standard InChI is InChI=1S/C10H12ClN5OS/c1-5-7(6(2)16(3)15-5)4-12-8(17)9-13-14-10(11)18-9/h4H2,1-3H3,(H,12,17). The molecule has 8 heteroatoms. The first kappa shape index (κ1) is 13.0. The molecule has 0 saturated carbocycles. The van der Waals surface area contributed by atoms with Crippen LogP contribution in [0.25, 0.3) is 0 Å². The number of nitrogens with one attached hydrogen (secondary N) is 1. The number of carbonyl (C=O) groups excluding carboxylic acids is 1. The molecule has 0 saturated heterocycles. The molecule has 1 N–H and O–H groups in total. The Morgan fingerprint density at radius 3 is 2.67 bits per heavy atom. The molecule has 6 nitrogen and oxygen atoms in total. The molecule has 0 aromatic carbocycles. The van der Waals surface area contributed by atoms with E-state index < -0.39 is 0 Å². The van der Waals surface area contributed by atoms with E-state index >= 15 is 0 Å². The maximum absolute atomic E-state index is 11.8. The second-order valence-electron chi connectivity index (χ2n) is 3.82. The molecule has 0 radical (unpaired) electrons. The lowest BCUT2D eigenvalue weighted by Gasteiger charge is -2.03. The molecule has 0 atom stereocenters. The zero-order chi connectivity index (χ0) is 13.3. The van der Waals surface area contributed by atoms with Gasteiger partial charge in [-0.3, -0.25) is 9.48 Å². The van der Waals surface area contributed by atoms with Gasteiger partial charge in [0.05, 0.1) is 5.69 Å². The summed E-state index contributed by atoms with van der Waals surface area (Å²) in [4.78, 5) is 11.8. The minimum Gasteiger partial charge on any atom is -0.346 e. The number of halogens is 1. The quantitative estimate of drug-likeness (QED) is 0.927. The lowest BCUT2D eigenvalue weighted by molar-refractivity contribution is 0.0949. The van der Waals surface area contributed by atoms with E-state index in [2.05, 4.69) is 20.6 Å². The molecular formula is C10H12ClN5OS. The highest BCUT2D eigenvalue weighted by Gasteiger charge is 2.14. The van der Waals surface area contributed by atoms with Crippen molar-refractivity contribution < 1.29 is 4.79 Å². The molecule has 2 heterocycles. The van der Waals surface area contributed by atoms with Gasteiger partial charge in [0.25, 0.3) is 5.91 Å². The van der Waals surface area contributed by atoms with Gasteiger partial charge in [0.1, 0.15) is 0 Å². The van der Waals surface area contributed by atoms with E-state index in [1.54, 1.807) is 4.68 Å². The van der Waals surface area contributed by atoms with Crippen molar-refractivity contribution in [2.75, 3.05) is 0 Å². The molecule has 0 unspecified atom stereocenters. The van der Waals surface area contributed by atoms with Crippen molar-refractivity contribution in [1.29, 1.82) is 0 Å². The third-order valence-corrected chi connectivity index (χ3v) is 3.70. The molecule has 2 rings (SSSR count). The number of aromatic nitrogens is 4. The number of rotatable bonds is 3. The van der Waals surface area contributed by atoms with Gasteiger partial charge in [-0.05, 0) is 25.4 Å². The van der Waals surface area contributed by atoms with E-state index in [9.17, 15) is 4.79 Å². The molecule has 0 aliphatic carbocycles. The lowest BCUT2D eigenvalue weighted by Crippen LogP contribution is -2.23. The third-order valence-electron chi connectivity index (χ3n) is 2.68. The van der Waals surface area contributed by atoms with Crippen LogP contribution in [0, 0.1) is 13.8 Å². The first-order valence-electron chi connectivity index (χ1n) is 5.25. The van der Waals surface area contributed by atoms with Crippen LogP contribution in [0.2, 0.25) is 4.47 Å². The Labute approximate surface area is 113 Å². The van der Waals surface area contributed by atoms with E-state index in [4.69, 9.17) is 11.6 Å². The summed E-state index contributed by atoms with van der Waals surface area (Å²) in [6.45, 7) is 4.29. The van der Waals surface area contributed by atoms with E-state index in [0.717, 1.165) is 28.3 Å². The molecule has 0 bridgehead atoms. The zero-order valence-electron chi connectivity index (χ0n) is 10.2. The van der Waals surface area contributed by atoms with Crippen molar-refractivity contribution in [2.24, 2.45) is 7.05 Å². The Kier molecular flexibility index (Phi) is 3.63. The van der Waals surface area contributed by atoms with Gasteiger partial charge in [0.15, 0.2) is 0 Å². The number of carbonyl (C=O) groups is 1. The largest absolute Gasteiger partial charge is 0.346 e. The van der Waals surface area contributed by atoms with E-state index in [1.165, 1.54) is 0 Å². The van der Waals surface area contributed by atoms with Gasteiger partial charge in [0.2, 0.25) is 9.47 Å². The van der Waals surface area contributed by atoms with E-state index in [1.807, 2.05) is 20.9 Å². The van der Waals surface area contributed by atoms with E-state index in [0.29, 0.717) is 6.54 Å². The summed E-state index contributed by atoms with van der Waals surface area (Å²) in [6.07, 6.45) is 0. The second kappa shape index (κ2) is 5.03. The summed E-state index contributed by atoms with van der Waals surface area (Å²) in [5.74, 6) is -0.276. The van der Waals surface area contributed by atoms with Crippen LogP contribution < -0.4 is 5.32 Å². The van der Waals surface area contributed by atoms with Crippen LogP contribution in [-0.4, -0.2) is 25.9 Å². The molecule has 0 fully saturated rings. The average molecular weight is 286 g/mol. The fourth-order valence-electron chi connectivity index (χ4n) is 1.61. The topological polar surface area (TPSA) is 72.7 Å². The maximum Gasteiger partial charge on any atom is 0.282 e. The van der Waals surface area contributed by atoms with Crippen LogP contribution in [0.1, 0.15) is 26.8 Å². The molecule has 96 valence electrons. The van der Waals surface area contributed by atoms with Crippen LogP contribution in [0.4, 0.5) is 0 Å². The maximum atomic E-state index is 11.8. The molecule has 18 heavy (non-hydrogen) atoms. The lowest BCUT2D eigenvalue weighted by atomic mass is 10.2. The highest BCUT2D eigenvalue weighted by atomic mass is 35.5. The summed E-state index contributed by atoms with van der Waals surface area (Å²) in [5, 5.41) is 14.6. The van der Waals surface area contributed by atoms with Crippen LogP contribution >= 0.6 is 22.9 Å². The molecular weight excluding hydrogens is 274 g/mol. The van der Waals surface area contributed by atoms with Crippen molar-refractivity contribution >= 4 is 28.8 Å². The minimum absolute atomic E-state index is 0.258. The molecule has 2 aromatic heterocycles. The SMILES string of the molecule is Cc1nn(C)c(C)c1CNC(=O)c1nnc(Cl)s1. The van der Waals surface area contributed by atoms with Crippen molar-refractivity contribution in [3.05, 3.63) is 26.4 Å². The summed E-state index contributed by atoms with van der Waals surface area (Å²) in [7, 11) is 1.87. The van der Waals surface area contributed by atoms with Gasteiger partial charge in [-0.2, -0.15) is 5.10 Å². The highest BCUT2D eigenvalue weighted by molar-refractivity contribution is 7.17. The van der Waals surface area contributed by atoms with Gasteiger partial charge in [-0.1, -0.05) is 11.3 Å². The second-order valence-corrected chi connectivity index (χ2v) is 5.38. The fourth-order valence-corrected chi connectivity index (χ4v) is 2.36. The smallest absolute Gasteiger partial charge is 0.282 e. The van der Waals surface area contributed by atoms with Crippen LogP contribution in [0.15, 0.2) is 0 Å². The predicted octanol–water partition coefficient (Wildman–Crippen LogP) is 1.47. The Bertz CT molecular complexity index is 591. The highest BCUT2D eigenvalue weighted by Crippen LogP contribution is 2.15. The summed E-state index contributed by atoms with van der Waals surface area (Å²) >= 11 is 6.68. The molecule has 1 amide bonds. The van der Waals surface area contributed by atoms with Crippen molar-refractivity contribution in [3.8, 4) is 0 Å². The van der Waals surface area contributed by atoms with Gasteiger partial charge < -0.3 is 5.32 Å². The number of hydrogen-bond acceptors (Lipinski definition) is 5. The third kappa shape index (κ3) is 2.51. The Balaban J connectivity index is 2.06. The molecule has 0 spiro atoms. The van der Waals surface area contributed by atoms with Gasteiger partial charge in [-0.15, -0.1) is 10.2 Å². The number of hydrogen-bond donors (Lipinski definition) is 1. The van der Waals surface area contributed by atoms with Gasteiger partial charge in [0, 0.05) is 24.8 Å². The number of aryl methyl sites for hydroxylation is 2. The van der Waals surface area contributed by atoms with Crippen LogP contribution in [-0.2, 0) is 13.6 Å². The van der Waals surface area contributed by atoms with Crippen molar-refractivity contribution in [2.45, 2.75) is 20.4 Å². The average Bonchev–Trinajstić information content (AvgIpc) is 2.83.